The molecule has 0 aliphatic heterocycles. The number of hydrogen-bond donors (Lipinski definition) is 2. The summed E-state index contributed by atoms with van der Waals surface area (Å²) in [5.74, 6) is 0.553. The van der Waals surface area contributed by atoms with Crippen LogP contribution in [0, 0.1) is 0 Å². The van der Waals surface area contributed by atoms with Gasteiger partial charge in [0.25, 0.3) is 0 Å². The van der Waals surface area contributed by atoms with E-state index < -0.39 is 5.97 Å². The summed E-state index contributed by atoms with van der Waals surface area (Å²) in [4.78, 5) is 22.6. The highest BCUT2D eigenvalue weighted by molar-refractivity contribution is 5.90. The maximum absolute atomic E-state index is 11.9. The lowest BCUT2D eigenvalue weighted by atomic mass is 10.1. The van der Waals surface area contributed by atoms with E-state index in [1.54, 1.807) is 24.3 Å². The fourth-order valence-corrected chi connectivity index (χ4v) is 2.33. The molecule has 0 atom stereocenters. The van der Waals surface area contributed by atoms with E-state index >= 15 is 0 Å². The molecule has 1 amide bonds. The molecule has 0 radical (unpaired) electrons. The Labute approximate surface area is 152 Å². The summed E-state index contributed by atoms with van der Waals surface area (Å²) in [6.45, 7) is 3.00. The van der Waals surface area contributed by atoms with E-state index in [2.05, 4.69) is 5.32 Å². The van der Waals surface area contributed by atoms with Gasteiger partial charge in [-0.2, -0.15) is 0 Å². The molecule has 0 unspecified atom stereocenters. The molecule has 6 nitrogen and oxygen atoms in total. The molecular formula is C20H23NO5. The van der Waals surface area contributed by atoms with Crippen LogP contribution in [0.1, 0.15) is 25.3 Å². The number of carbonyl (C=O) groups excluding carboxylic acids is 1. The molecule has 6 heteroatoms. The maximum atomic E-state index is 11.9. The minimum Gasteiger partial charge on any atom is -0.494 e. The number of hydrogen-bond acceptors (Lipinski definition) is 4. The third kappa shape index (κ3) is 6.84. The van der Waals surface area contributed by atoms with Gasteiger partial charge >= 0.3 is 5.97 Å². The van der Waals surface area contributed by atoms with Gasteiger partial charge < -0.3 is 19.9 Å². The number of anilines is 1. The predicted octanol–water partition coefficient (Wildman–Crippen LogP) is 3.51. The van der Waals surface area contributed by atoms with E-state index in [9.17, 15) is 9.59 Å². The lowest BCUT2D eigenvalue weighted by molar-refractivity contribution is -0.136. The molecule has 138 valence electrons. The minimum absolute atomic E-state index is 0.0306. The van der Waals surface area contributed by atoms with E-state index in [4.69, 9.17) is 14.6 Å². The van der Waals surface area contributed by atoms with E-state index in [1.807, 2.05) is 31.2 Å². The van der Waals surface area contributed by atoms with Crippen LogP contribution in [0.2, 0.25) is 0 Å². The third-order valence-corrected chi connectivity index (χ3v) is 3.54. The number of rotatable bonds is 10. The van der Waals surface area contributed by atoms with Crippen molar-refractivity contribution in [3.05, 3.63) is 54.1 Å². The van der Waals surface area contributed by atoms with Crippen molar-refractivity contribution < 1.29 is 24.2 Å². The summed E-state index contributed by atoms with van der Waals surface area (Å²) in [7, 11) is 0. The first-order chi connectivity index (χ1) is 12.6. The molecule has 0 aromatic heterocycles. The summed E-state index contributed by atoms with van der Waals surface area (Å²) >= 11 is 0. The Morgan fingerprint density at radius 3 is 2.15 bits per heavy atom. The third-order valence-electron chi connectivity index (χ3n) is 3.54. The molecule has 2 N–H and O–H groups in total. The molecule has 0 saturated carbocycles. The highest BCUT2D eigenvalue weighted by atomic mass is 16.5. The van der Waals surface area contributed by atoms with Crippen molar-refractivity contribution in [3.8, 4) is 11.5 Å². The fraction of sp³-hybridized carbons (Fsp3) is 0.300. The Morgan fingerprint density at radius 1 is 0.962 bits per heavy atom. The van der Waals surface area contributed by atoms with Gasteiger partial charge in [-0.05, 0) is 55.3 Å². The molecule has 2 aromatic carbocycles. The van der Waals surface area contributed by atoms with Crippen LogP contribution in [-0.2, 0) is 16.0 Å². The number of aliphatic carboxylic acids is 1. The largest absolute Gasteiger partial charge is 0.494 e. The van der Waals surface area contributed by atoms with Gasteiger partial charge in [0, 0.05) is 12.1 Å². The van der Waals surface area contributed by atoms with Crippen LogP contribution < -0.4 is 14.8 Å². The first-order valence-electron chi connectivity index (χ1n) is 8.53. The maximum Gasteiger partial charge on any atom is 0.307 e. The normalized spacial score (nSPS) is 10.2. The van der Waals surface area contributed by atoms with Crippen LogP contribution in [0.4, 0.5) is 5.69 Å². The van der Waals surface area contributed by atoms with Crippen LogP contribution in [0.5, 0.6) is 11.5 Å². The molecular weight excluding hydrogens is 334 g/mol. The first-order valence-corrected chi connectivity index (χ1v) is 8.53. The highest BCUT2D eigenvalue weighted by Gasteiger charge is 2.04. The SMILES string of the molecule is CCOc1ccc(OCCCC(=O)Nc2ccc(CC(=O)O)cc2)cc1. The van der Waals surface area contributed by atoms with Gasteiger partial charge in [0.1, 0.15) is 11.5 Å². The van der Waals surface area contributed by atoms with Crippen molar-refractivity contribution in [2.24, 2.45) is 0 Å². The summed E-state index contributed by atoms with van der Waals surface area (Å²) in [5, 5.41) is 11.5. The fourth-order valence-electron chi connectivity index (χ4n) is 2.33. The summed E-state index contributed by atoms with van der Waals surface area (Å²) in [6.07, 6.45) is 0.904. The standard InChI is InChI=1S/C20H23NO5/c1-2-25-17-9-11-18(12-10-17)26-13-3-4-19(22)21-16-7-5-15(6-8-16)14-20(23)24/h5-12H,2-4,13-14H2,1H3,(H,21,22)(H,23,24). The Kier molecular flexibility index (Phi) is 7.49. The first kappa shape index (κ1) is 19.3. The average Bonchev–Trinajstić information content (AvgIpc) is 2.62. The number of amides is 1. The van der Waals surface area contributed by atoms with Crippen molar-refractivity contribution >= 4 is 17.6 Å². The Morgan fingerprint density at radius 2 is 1.58 bits per heavy atom. The molecule has 0 saturated heterocycles. The topological polar surface area (TPSA) is 84.9 Å². The molecule has 0 fully saturated rings. The van der Waals surface area contributed by atoms with Gasteiger partial charge in [-0.3, -0.25) is 9.59 Å². The monoisotopic (exact) mass is 357 g/mol. The van der Waals surface area contributed by atoms with Gasteiger partial charge in [0.15, 0.2) is 0 Å². The average molecular weight is 357 g/mol. The van der Waals surface area contributed by atoms with Gasteiger partial charge in [-0.15, -0.1) is 0 Å². The quantitative estimate of drug-likeness (QED) is 0.636. The smallest absolute Gasteiger partial charge is 0.307 e. The number of carboxylic acid groups (broad SMARTS) is 1. The van der Waals surface area contributed by atoms with Crippen molar-refractivity contribution in [1.82, 2.24) is 0 Å². The van der Waals surface area contributed by atoms with Crippen LogP contribution in [0.25, 0.3) is 0 Å². The summed E-state index contributed by atoms with van der Waals surface area (Å²) < 4.78 is 11.0. The van der Waals surface area contributed by atoms with Crippen molar-refractivity contribution in [3.63, 3.8) is 0 Å². The van der Waals surface area contributed by atoms with Crippen LogP contribution >= 0.6 is 0 Å². The molecule has 0 heterocycles. The van der Waals surface area contributed by atoms with E-state index in [1.165, 1.54) is 0 Å². The molecule has 2 aromatic rings. The second-order valence-corrected chi connectivity index (χ2v) is 5.67. The number of benzene rings is 2. The van der Waals surface area contributed by atoms with Crippen molar-refractivity contribution in [1.29, 1.82) is 0 Å². The van der Waals surface area contributed by atoms with Gasteiger partial charge in [0.2, 0.25) is 5.91 Å². The zero-order valence-electron chi connectivity index (χ0n) is 14.7. The molecule has 0 aliphatic carbocycles. The van der Waals surface area contributed by atoms with Crippen molar-refractivity contribution in [2.45, 2.75) is 26.2 Å². The Balaban J connectivity index is 1.67. The zero-order chi connectivity index (χ0) is 18.8. The van der Waals surface area contributed by atoms with E-state index in [0.29, 0.717) is 37.3 Å². The van der Waals surface area contributed by atoms with Crippen LogP contribution in [0.3, 0.4) is 0 Å². The number of ether oxygens (including phenoxy) is 2. The molecule has 0 bridgehead atoms. The lowest BCUT2D eigenvalue weighted by Crippen LogP contribution is -2.13. The second kappa shape index (κ2) is 10.1. The molecule has 0 aliphatic rings. The lowest BCUT2D eigenvalue weighted by Gasteiger charge is -2.08. The van der Waals surface area contributed by atoms with Crippen LogP contribution in [0.15, 0.2) is 48.5 Å². The number of carbonyl (C=O) groups is 2. The Bertz CT molecular complexity index is 710. The number of carboxylic acids is 1. The zero-order valence-corrected chi connectivity index (χ0v) is 14.7. The molecule has 0 spiro atoms. The summed E-state index contributed by atoms with van der Waals surface area (Å²) in [6, 6.07) is 14.2. The van der Waals surface area contributed by atoms with Gasteiger partial charge in [-0.1, -0.05) is 12.1 Å². The van der Waals surface area contributed by atoms with Gasteiger partial charge in [0.05, 0.1) is 19.6 Å². The van der Waals surface area contributed by atoms with E-state index in [-0.39, 0.29) is 12.3 Å². The van der Waals surface area contributed by atoms with Crippen molar-refractivity contribution in [2.75, 3.05) is 18.5 Å². The predicted molar refractivity (Wildman–Crippen MR) is 98.8 cm³/mol. The molecule has 2 rings (SSSR count). The summed E-state index contributed by atoms with van der Waals surface area (Å²) in [5.41, 5.74) is 1.34. The number of nitrogens with one attached hydrogen (secondary N) is 1. The van der Waals surface area contributed by atoms with Gasteiger partial charge in [-0.25, -0.2) is 0 Å². The second-order valence-electron chi connectivity index (χ2n) is 5.67. The minimum atomic E-state index is -0.880. The van der Waals surface area contributed by atoms with E-state index in [0.717, 1.165) is 11.5 Å². The highest BCUT2D eigenvalue weighted by Crippen LogP contribution is 2.18. The van der Waals surface area contributed by atoms with Crippen LogP contribution in [-0.4, -0.2) is 30.2 Å². The molecule has 26 heavy (non-hydrogen) atoms. The Hall–Kier alpha value is -3.02.